The van der Waals surface area contributed by atoms with Crippen LogP contribution in [0.15, 0.2) is 46.9 Å². The quantitative estimate of drug-likeness (QED) is 0.766. The van der Waals surface area contributed by atoms with Gasteiger partial charge in [-0.1, -0.05) is 23.8 Å². The summed E-state index contributed by atoms with van der Waals surface area (Å²) in [6.07, 6.45) is 0. The van der Waals surface area contributed by atoms with Crippen molar-refractivity contribution in [2.75, 3.05) is 7.11 Å². The van der Waals surface area contributed by atoms with E-state index in [2.05, 4.69) is 5.32 Å². The van der Waals surface area contributed by atoms with Crippen LogP contribution in [-0.2, 0) is 0 Å². The number of ether oxygens (including phenoxy) is 1. The molecule has 0 saturated carbocycles. The van der Waals surface area contributed by atoms with E-state index >= 15 is 0 Å². The summed E-state index contributed by atoms with van der Waals surface area (Å²) in [7, 11) is 1.63. The first-order valence-electron chi connectivity index (χ1n) is 7.94. The molecule has 124 valence electrons. The average molecular weight is 323 g/mol. The van der Waals surface area contributed by atoms with E-state index in [4.69, 9.17) is 9.15 Å². The molecule has 0 spiro atoms. The fraction of sp³-hybridized carbons (Fsp3) is 0.250. The molecule has 24 heavy (non-hydrogen) atoms. The number of methoxy groups -OCH3 is 1. The van der Waals surface area contributed by atoms with Gasteiger partial charge in [0, 0.05) is 10.9 Å². The van der Waals surface area contributed by atoms with E-state index in [0.717, 1.165) is 33.4 Å². The van der Waals surface area contributed by atoms with Crippen LogP contribution >= 0.6 is 0 Å². The van der Waals surface area contributed by atoms with E-state index in [1.54, 1.807) is 7.11 Å². The van der Waals surface area contributed by atoms with Gasteiger partial charge in [0.05, 0.1) is 13.2 Å². The molecule has 1 atom stereocenters. The number of carbonyl (C=O) groups excluding carboxylic acids is 1. The van der Waals surface area contributed by atoms with Crippen molar-refractivity contribution < 1.29 is 13.9 Å². The Bertz CT molecular complexity index is 878. The predicted octanol–water partition coefficient (Wildman–Crippen LogP) is 4.55. The third-order valence-electron chi connectivity index (χ3n) is 4.26. The Morgan fingerprint density at radius 1 is 1.12 bits per heavy atom. The van der Waals surface area contributed by atoms with Crippen LogP contribution in [0.2, 0.25) is 0 Å². The van der Waals surface area contributed by atoms with Crippen LogP contribution in [0.4, 0.5) is 0 Å². The van der Waals surface area contributed by atoms with Crippen molar-refractivity contribution in [3.8, 4) is 5.75 Å². The van der Waals surface area contributed by atoms with Crippen molar-refractivity contribution in [1.82, 2.24) is 5.32 Å². The van der Waals surface area contributed by atoms with Gasteiger partial charge in [0.15, 0.2) is 5.76 Å². The molecule has 1 aromatic heterocycles. The van der Waals surface area contributed by atoms with Gasteiger partial charge in [0.25, 0.3) is 5.91 Å². The lowest BCUT2D eigenvalue weighted by Crippen LogP contribution is -2.26. The summed E-state index contributed by atoms with van der Waals surface area (Å²) < 4.78 is 10.9. The molecular formula is C20H21NO3. The number of aryl methyl sites for hydroxylation is 2. The van der Waals surface area contributed by atoms with Gasteiger partial charge in [-0.2, -0.15) is 0 Å². The van der Waals surface area contributed by atoms with Gasteiger partial charge in [-0.15, -0.1) is 0 Å². The third-order valence-corrected chi connectivity index (χ3v) is 4.26. The highest BCUT2D eigenvalue weighted by Crippen LogP contribution is 2.27. The largest absolute Gasteiger partial charge is 0.497 e. The van der Waals surface area contributed by atoms with E-state index in [0.29, 0.717) is 5.76 Å². The molecule has 4 nitrogen and oxygen atoms in total. The monoisotopic (exact) mass is 323 g/mol. The van der Waals surface area contributed by atoms with Gasteiger partial charge in [0.2, 0.25) is 0 Å². The summed E-state index contributed by atoms with van der Waals surface area (Å²) in [6.45, 7) is 5.89. The average Bonchev–Trinajstić information content (AvgIpc) is 2.91. The molecule has 0 bridgehead atoms. The van der Waals surface area contributed by atoms with Crippen molar-refractivity contribution >= 4 is 16.9 Å². The van der Waals surface area contributed by atoms with E-state index < -0.39 is 0 Å². The topological polar surface area (TPSA) is 51.5 Å². The number of hydrogen-bond acceptors (Lipinski definition) is 3. The maximum absolute atomic E-state index is 12.6. The zero-order valence-corrected chi connectivity index (χ0v) is 14.3. The summed E-state index contributed by atoms with van der Waals surface area (Å²) in [5, 5.41) is 3.98. The number of amides is 1. The van der Waals surface area contributed by atoms with Gasteiger partial charge in [-0.3, -0.25) is 4.79 Å². The van der Waals surface area contributed by atoms with Crippen molar-refractivity contribution in [2.45, 2.75) is 26.8 Å². The first-order valence-corrected chi connectivity index (χ1v) is 7.94. The Kier molecular flexibility index (Phi) is 4.30. The van der Waals surface area contributed by atoms with Crippen LogP contribution in [0.1, 0.15) is 40.2 Å². The zero-order chi connectivity index (χ0) is 17.3. The van der Waals surface area contributed by atoms with Crippen molar-refractivity contribution in [2.24, 2.45) is 0 Å². The molecule has 0 aliphatic rings. The SMILES string of the molecule is COc1ccc([C@@H](C)NC(=O)c2oc3ccc(C)cc3c2C)cc1. The molecule has 4 heteroatoms. The number of nitrogens with one attached hydrogen (secondary N) is 1. The summed E-state index contributed by atoms with van der Waals surface area (Å²) in [5.74, 6) is 0.960. The van der Waals surface area contributed by atoms with E-state index in [9.17, 15) is 4.79 Å². The molecule has 1 N–H and O–H groups in total. The maximum atomic E-state index is 12.6. The lowest BCUT2D eigenvalue weighted by Gasteiger charge is -2.14. The Labute approximate surface area is 141 Å². The van der Waals surface area contributed by atoms with Crippen molar-refractivity contribution in [3.05, 3.63) is 64.9 Å². The first-order chi connectivity index (χ1) is 11.5. The minimum atomic E-state index is -0.204. The lowest BCUT2D eigenvalue weighted by molar-refractivity contribution is 0.0913. The van der Waals surface area contributed by atoms with Gasteiger partial charge in [-0.25, -0.2) is 0 Å². The fourth-order valence-electron chi connectivity index (χ4n) is 2.79. The zero-order valence-electron chi connectivity index (χ0n) is 14.3. The molecule has 0 saturated heterocycles. The number of fused-ring (bicyclic) bond motifs is 1. The van der Waals surface area contributed by atoms with Gasteiger partial charge in [0.1, 0.15) is 11.3 Å². The second-order valence-corrected chi connectivity index (χ2v) is 6.02. The normalized spacial score (nSPS) is 12.2. The molecule has 2 aromatic carbocycles. The standard InChI is InChI=1S/C20H21NO3/c1-12-5-10-18-17(11-12)13(2)19(24-18)20(22)21-14(3)15-6-8-16(23-4)9-7-15/h5-11,14H,1-4H3,(H,21,22)/t14-/m1/s1. The molecule has 0 fully saturated rings. The number of furan rings is 1. The Morgan fingerprint density at radius 2 is 1.83 bits per heavy atom. The summed E-state index contributed by atoms with van der Waals surface area (Å²) in [5.41, 5.74) is 3.76. The molecule has 1 amide bonds. The highest BCUT2D eigenvalue weighted by Gasteiger charge is 2.19. The summed E-state index contributed by atoms with van der Waals surface area (Å²) in [4.78, 5) is 12.6. The second-order valence-electron chi connectivity index (χ2n) is 6.02. The van der Waals surface area contributed by atoms with Crippen molar-refractivity contribution in [1.29, 1.82) is 0 Å². The Balaban J connectivity index is 1.82. The smallest absolute Gasteiger partial charge is 0.287 e. The number of benzene rings is 2. The molecule has 0 aliphatic carbocycles. The first kappa shape index (κ1) is 16.1. The van der Waals surface area contributed by atoms with E-state index in [1.165, 1.54) is 0 Å². The molecule has 0 radical (unpaired) electrons. The van der Waals surface area contributed by atoms with E-state index in [1.807, 2.05) is 63.2 Å². The molecule has 3 rings (SSSR count). The van der Waals surface area contributed by atoms with Gasteiger partial charge in [-0.05, 0) is 50.6 Å². The van der Waals surface area contributed by atoms with Gasteiger partial charge >= 0.3 is 0 Å². The predicted molar refractivity (Wildman–Crippen MR) is 94.6 cm³/mol. The number of rotatable bonds is 4. The van der Waals surface area contributed by atoms with Crippen LogP contribution < -0.4 is 10.1 Å². The Hall–Kier alpha value is -2.75. The Morgan fingerprint density at radius 3 is 2.50 bits per heavy atom. The van der Waals surface area contributed by atoms with Gasteiger partial charge < -0.3 is 14.5 Å². The highest BCUT2D eigenvalue weighted by molar-refractivity contribution is 5.99. The minimum absolute atomic E-state index is 0.127. The molecule has 3 aromatic rings. The van der Waals surface area contributed by atoms with Crippen molar-refractivity contribution in [3.63, 3.8) is 0 Å². The van der Waals surface area contributed by atoms with Crippen LogP contribution in [0.5, 0.6) is 5.75 Å². The van der Waals surface area contributed by atoms with Crippen LogP contribution in [0, 0.1) is 13.8 Å². The van der Waals surface area contributed by atoms with Crippen LogP contribution in [0.3, 0.4) is 0 Å². The fourth-order valence-corrected chi connectivity index (χ4v) is 2.79. The molecule has 1 heterocycles. The highest BCUT2D eigenvalue weighted by atomic mass is 16.5. The van der Waals surface area contributed by atoms with E-state index in [-0.39, 0.29) is 11.9 Å². The summed E-state index contributed by atoms with van der Waals surface area (Å²) >= 11 is 0. The molecule has 0 aliphatic heterocycles. The molecular weight excluding hydrogens is 302 g/mol. The maximum Gasteiger partial charge on any atom is 0.287 e. The number of hydrogen-bond donors (Lipinski definition) is 1. The molecule has 0 unspecified atom stereocenters. The van der Waals surface area contributed by atoms with Crippen LogP contribution in [-0.4, -0.2) is 13.0 Å². The minimum Gasteiger partial charge on any atom is -0.497 e. The lowest BCUT2D eigenvalue weighted by atomic mass is 10.1. The summed E-state index contributed by atoms with van der Waals surface area (Å²) in [6, 6.07) is 13.4. The number of carbonyl (C=O) groups is 1. The third kappa shape index (κ3) is 3.00. The van der Waals surface area contributed by atoms with Crippen LogP contribution in [0.25, 0.3) is 11.0 Å². The second kappa shape index (κ2) is 6.40.